The summed E-state index contributed by atoms with van der Waals surface area (Å²) in [6.07, 6.45) is 0. The van der Waals surface area contributed by atoms with Gasteiger partial charge in [0.2, 0.25) is 0 Å². The molecule has 0 bridgehead atoms. The minimum atomic E-state index is -1.42. The average Bonchev–Trinajstić information content (AvgIpc) is 2.44. The SMILES string of the molecule is Cc1c2ccccc2c(C)c2cc(B(O)O)ccc12. The van der Waals surface area contributed by atoms with Gasteiger partial charge in [-0.25, -0.2) is 0 Å². The zero-order chi connectivity index (χ0) is 13.6. The molecule has 0 aliphatic heterocycles. The number of aryl methyl sites for hydroxylation is 2. The van der Waals surface area contributed by atoms with E-state index in [1.54, 1.807) is 6.07 Å². The van der Waals surface area contributed by atoms with Gasteiger partial charge in [0.25, 0.3) is 0 Å². The molecule has 2 N–H and O–H groups in total. The van der Waals surface area contributed by atoms with Crippen molar-refractivity contribution >= 4 is 34.1 Å². The van der Waals surface area contributed by atoms with E-state index in [4.69, 9.17) is 0 Å². The summed E-state index contributed by atoms with van der Waals surface area (Å²) < 4.78 is 0. The van der Waals surface area contributed by atoms with Crippen molar-refractivity contribution in [2.75, 3.05) is 0 Å². The third-order valence-corrected chi connectivity index (χ3v) is 3.88. The molecule has 0 saturated carbocycles. The predicted octanol–water partition coefficient (Wildman–Crippen LogP) is 2.29. The number of benzene rings is 3. The molecule has 94 valence electrons. The predicted molar refractivity (Wildman–Crippen MR) is 80.8 cm³/mol. The molecule has 0 spiro atoms. The van der Waals surface area contributed by atoms with Crippen molar-refractivity contribution in [2.24, 2.45) is 0 Å². The zero-order valence-corrected chi connectivity index (χ0v) is 11.0. The van der Waals surface area contributed by atoms with Crippen LogP contribution in [0.3, 0.4) is 0 Å². The fourth-order valence-electron chi connectivity index (χ4n) is 2.79. The van der Waals surface area contributed by atoms with E-state index in [2.05, 4.69) is 26.0 Å². The van der Waals surface area contributed by atoms with Crippen LogP contribution in [0.15, 0.2) is 42.5 Å². The Morgan fingerprint density at radius 3 is 1.84 bits per heavy atom. The molecule has 2 nitrogen and oxygen atoms in total. The van der Waals surface area contributed by atoms with Gasteiger partial charge in [0.1, 0.15) is 0 Å². The summed E-state index contributed by atoms with van der Waals surface area (Å²) >= 11 is 0. The van der Waals surface area contributed by atoms with Crippen molar-refractivity contribution in [3.05, 3.63) is 53.6 Å². The molecule has 19 heavy (non-hydrogen) atoms. The minimum Gasteiger partial charge on any atom is -0.423 e. The Kier molecular flexibility index (Phi) is 2.81. The standard InChI is InChI=1S/C16H15BO2/c1-10-13-5-3-4-6-14(13)11(2)16-9-12(17(18)19)7-8-15(10)16/h3-9,18-19H,1-2H3. The molecule has 3 heteroatoms. The van der Waals surface area contributed by atoms with E-state index in [1.165, 1.54) is 27.3 Å². The Labute approximate surface area is 112 Å². The summed E-state index contributed by atoms with van der Waals surface area (Å²) in [5.41, 5.74) is 2.94. The van der Waals surface area contributed by atoms with E-state index < -0.39 is 7.12 Å². The summed E-state index contributed by atoms with van der Waals surface area (Å²) in [5, 5.41) is 23.4. The van der Waals surface area contributed by atoms with Crippen molar-refractivity contribution in [2.45, 2.75) is 13.8 Å². The van der Waals surface area contributed by atoms with Gasteiger partial charge >= 0.3 is 7.12 Å². The number of hydrogen-bond donors (Lipinski definition) is 2. The third kappa shape index (κ3) is 1.82. The van der Waals surface area contributed by atoms with Crippen LogP contribution in [0, 0.1) is 13.8 Å². The largest absolute Gasteiger partial charge is 0.488 e. The first-order valence-corrected chi connectivity index (χ1v) is 6.37. The molecule has 0 heterocycles. The van der Waals surface area contributed by atoms with Gasteiger partial charge < -0.3 is 10.0 Å². The summed E-state index contributed by atoms with van der Waals surface area (Å²) in [6, 6.07) is 13.9. The fourth-order valence-corrected chi connectivity index (χ4v) is 2.79. The van der Waals surface area contributed by atoms with E-state index in [9.17, 15) is 10.0 Å². The van der Waals surface area contributed by atoms with Crippen molar-refractivity contribution in [1.82, 2.24) is 0 Å². The zero-order valence-electron chi connectivity index (χ0n) is 11.0. The highest BCUT2D eigenvalue weighted by Crippen LogP contribution is 2.31. The molecule has 0 amide bonds. The Bertz CT molecular complexity index is 778. The maximum Gasteiger partial charge on any atom is 0.488 e. The van der Waals surface area contributed by atoms with Crippen molar-refractivity contribution < 1.29 is 10.0 Å². The van der Waals surface area contributed by atoms with Crippen LogP contribution in [-0.4, -0.2) is 17.2 Å². The molecule has 0 aliphatic carbocycles. The normalized spacial score (nSPS) is 11.2. The Balaban J connectivity index is 2.49. The number of rotatable bonds is 1. The average molecular weight is 250 g/mol. The van der Waals surface area contributed by atoms with Crippen LogP contribution in [0.2, 0.25) is 0 Å². The highest BCUT2D eigenvalue weighted by Gasteiger charge is 2.14. The molecule has 0 unspecified atom stereocenters. The summed E-state index contributed by atoms with van der Waals surface area (Å²) in [7, 11) is -1.42. The van der Waals surface area contributed by atoms with E-state index in [0.717, 1.165) is 5.39 Å². The number of fused-ring (bicyclic) bond motifs is 2. The topological polar surface area (TPSA) is 40.5 Å². The van der Waals surface area contributed by atoms with Crippen LogP contribution in [0.5, 0.6) is 0 Å². The Morgan fingerprint density at radius 1 is 0.737 bits per heavy atom. The molecular formula is C16H15BO2. The van der Waals surface area contributed by atoms with Gasteiger partial charge in [-0.2, -0.15) is 0 Å². The van der Waals surface area contributed by atoms with Crippen molar-refractivity contribution in [3.8, 4) is 0 Å². The summed E-state index contributed by atoms with van der Waals surface area (Å²) in [6.45, 7) is 4.19. The molecular weight excluding hydrogens is 235 g/mol. The first kappa shape index (κ1) is 12.2. The second-order valence-electron chi connectivity index (χ2n) is 4.97. The highest BCUT2D eigenvalue weighted by molar-refractivity contribution is 6.59. The first-order chi connectivity index (χ1) is 9.09. The van der Waals surface area contributed by atoms with Crippen LogP contribution < -0.4 is 5.46 Å². The van der Waals surface area contributed by atoms with E-state index in [0.29, 0.717) is 5.46 Å². The lowest BCUT2D eigenvalue weighted by atomic mass is 9.78. The summed E-state index contributed by atoms with van der Waals surface area (Å²) in [4.78, 5) is 0. The Morgan fingerprint density at radius 2 is 1.26 bits per heavy atom. The van der Waals surface area contributed by atoms with Crippen LogP contribution in [0.25, 0.3) is 21.5 Å². The molecule has 0 saturated heterocycles. The first-order valence-electron chi connectivity index (χ1n) is 6.37. The maximum absolute atomic E-state index is 9.31. The lowest BCUT2D eigenvalue weighted by Gasteiger charge is -2.13. The molecule has 0 atom stereocenters. The van der Waals surface area contributed by atoms with Crippen LogP contribution in [0.1, 0.15) is 11.1 Å². The molecule has 0 radical (unpaired) electrons. The molecule has 0 aliphatic rings. The molecule has 3 aromatic rings. The summed E-state index contributed by atoms with van der Waals surface area (Å²) in [5.74, 6) is 0. The quantitative estimate of drug-likeness (QED) is 0.514. The van der Waals surface area contributed by atoms with E-state index in [1.807, 2.05) is 24.3 Å². The van der Waals surface area contributed by atoms with Crippen LogP contribution in [0.4, 0.5) is 0 Å². The van der Waals surface area contributed by atoms with Gasteiger partial charge in [-0.1, -0.05) is 42.5 Å². The van der Waals surface area contributed by atoms with Crippen molar-refractivity contribution in [3.63, 3.8) is 0 Å². The van der Waals surface area contributed by atoms with Gasteiger partial charge in [-0.3, -0.25) is 0 Å². The second-order valence-corrected chi connectivity index (χ2v) is 4.97. The lowest BCUT2D eigenvalue weighted by Crippen LogP contribution is -2.29. The van der Waals surface area contributed by atoms with Gasteiger partial charge in [-0.05, 0) is 52.0 Å². The van der Waals surface area contributed by atoms with Gasteiger partial charge in [0, 0.05) is 0 Å². The van der Waals surface area contributed by atoms with Crippen LogP contribution >= 0.6 is 0 Å². The molecule has 0 aromatic heterocycles. The fraction of sp³-hybridized carbons (Fsp3) is 0.125. The smallest absolute Gasteiger partial charge is 0.423 e. The lowest BCUT2D eigenvalue weighted by molar-refractivity contribution is 0.426. The second kappa shape index (κ2) is 4.37. The van der Waals surface area contributed by atoms with E-state index in [-0.39, 0.29) is 0 Å². The van der Waals surface area contributed by atoms with Crippen LogP contribution in [-0.2, 0) is 0 Å². The Hall–Kier alpha value is -1.84. The molecule has 3 aromatic carbocycles. The number of hydrogen-bond acceptors (Lipinski definition) is 2. The highest BCUT2D eigenvalue weighted by atomic mass is 16.4. The third-order valence-electron chi connectivity index (χ3n) is 3.88. The molecule has 0 fully saturated rings. The minimum absolute atomic E-state index is 0.533. The van der Waals surface area contributed by atoms with Gasteiger partial charge in [-0.15, -0.1) is 0 Å². The monoisotopic (exact) mass is 250 g/mol. The van der Waals surface area contributed by atoms with Crippen molar-refractivity contribution in [1.29, 1.82) is 0 Å². The maximum atomic E-state index is 9.31. The van der Waals surface area contributed by atoms with Gasteiger partial charge in [0.05, 0.1) is 0 Å². The van der Waals surface area contributed by atoms with E-state index >= 15 is 0 Å². The molecule has 3 rings (SSSR count). The van der Waals surface area contributed by atoms with Gasteiger partial charge in [0.15, 0.2) is 0 Å².